The normalized spacial score (nSPS) is 20.5. The van der Waals surface area contributed by atoms with Gasteiger partial charge in [0.2, 0.25) is 5.91 Å². The molecule has 0 aliphatic carbocycles. The van der Waals surface area contributed by atoms with Crippen LogP contribution in [0.5, 0.6) is 0 Å². The quantitative estimate of drug-likeness (QED) is 0.795. The highest BCUT2D eigenvalue weighted by Gasteiger charge is 2.32. The van der Waals surface area contributed by atoms with Gasteiger partial charge in [-0.15, -0.1) is 6.58 Å². The number of amides is 1. The highest BCUT2D eigenvalue weighted by molar-refractivity contribution is 5.79. The topological polar surface area (TPSA) is 32.3 Å². The molecule has 1 aliphatic rings. The van der Waals surface area contributed by atoms with Crippen molar-refractivity contribution < 1.29 is 9.18 Å². The minimum atomic E-state index is -0.221. The number of benzene rings is 2. The molecule has 0 saturated carbocycles. The van der Waals surface area contributed by atoms with Crippen molar-refractivity contribution in [2.24, 2.45) is 5.92 Å². The predicted molar refractivity (Wildman–Crippen MR) is 102 cm³/mol. The van der Waals surface area contributed by atoms with E-state index in [4.69, 9.17) is 0 Å². The largest absolute Gasteiger partial charge is 0.352 e. The summed E-state index contributed by atoms with van der Waals surface area (Å²) in [6, 6.07) is 17.2. The van der Waals surface area contributed by atoms with E-state index in [0.717, 1.165) is 24.9 Å². The second-order valence-electron chi connectivity index (χ2n) is 6.79. The van der Waals surface area contributed by atoms with Gasteiger partial charge in [0.05, 0.1) is 5.92 Å². The van der Waals surface area contributed by atoms with Gasteiger partial charge in [-0.25, -0.2) is 4.39 Å². The van der Waals surface area contributed by atoms with Gasteiger partial charge in [-0.2, -0.15) is 0 Å². The first-order chi connectivity index (χ1) is 12.7. The van der Waals surface area contributed by atoms with E-state index in [2.05, 4.69) is 28.9 Å². The Morgan fingerprint density at radius 1 is 1.15 bits per heavy atom. The molecule has 1 fully saturated rings. The highest BCUT2D eigenvalue weighted by Crippen LogP contribution is 2.34. The van der Waals surface area contributed by atoms with Gasteiger partial charge in [0.25, 0.3) is 0 Å². The Kier molecular flexibility index (Phi) is 6.18. The summed E-state index contributed by atoms with van der Waals surface area (Å²) in [5.41, 5.74) is 2.32. The Morgan fingerprint density at radius 2 is 1.88 bits per heavy atom. The number of piperidine rings is 1. The van der Waals surface area contributed by atoms with Crippen molar-refractivity contribution in [1.29, 1.82) is 0 Å². The van der Waals surface area contributed by atoms with Crippen LogP contribution in [0.15, 0.2) is 67.3 Å². The van der Waals surface area contributed by atoms with Crippen LogP contribution >= 0.6 is 0 Å². The van der Waals surface area contributed by atoms with Crippen LogP contribution in [-0.4, -0.2) is 23.9 Å². The number of halogens is 1. The molecule has 3 rings (SSSR count). The average molecular weight is 352 g/mol. The van der Waals surface area contributed by atoms with E-state index < -0.39 is 0 Å². The zero-order valence-electron chi connectivity index (χ0n) is 14.9. The molecule has 0 aromatic heterocycles. The van der Waals surface area contributed by atoms with Gasteiger partial charge in [-0.3, -0.25) is 9.69 Å². The molecule has 136 valence electrons. The summed E-state index contributed by atoms with van der Waals surface area (Å²) in [5, 5.41) is 2.92. The molecule has 1 heterocycles. The van der Waals surface area contributed by atoms with Crippen molar-refractivity contribution in [1.82, 2.24) is 10.2 Å². The van der Waals surface area contributed by atoms with Crippen LogP contribution in [0.3, 0.4) is 0 Å². The minimum absolute atomic E-state index is 0.0321. The number of nitrogens with one attached hydrogen (secondary N) is 1. The van der Waals surface area contributed by atoms with Crippen molar-refractivity contribution in [3.8, 4) is 0 Å². The molecule has 1 aliphatic heterocycles. The molecule has 1 amide bonds. The molecule has 2 aromatic rings. The summed E-state index contributed by atoms with van der Waals surface area (Å²) in [4.78, 5) is 14.7. The number of hydrogen-bond donors (Lipinski definition) is 1. The molecular weight excluding hydrogens is 327 g/mol. The zero-order chi connectivity index (χ0) is 18.4. The van der Waals surface area contributed by atoms with Gasteiger partial charge in [0.1, 0.15) is 5.82 Å². The van der Waals surface area contributed by atoms with Crippen molar-refractivity contribution in [3.63, 3.8) is 0 Å². The average Bonchev–Trinajstić information content (AvgIpc) is 2.67. The monoisotopic (exact) mass is 352 g/mol. The molecule has 0 radical (unpaired) electrons. The van der Waals surface area contributed by atoms with Crippen LogP contribution in [0, 0.1) is 11.7 Å². The van der Waals surface area contributed by atoms with E-state index in [9.17, 15) is 9.18 Å². The highest BCUT2D eigenvalue weighted by atomic mass is 19.1. The van der Waals surface area contributed by atoms with Gasteiger partial charge in [0.15, 0.2) is 0 Å². The summed E-state index contributed by atoms with van der Waals surface area (Å²) < 4.78 is 13.3. The SMILES string of the molecule is C=CCNC(=O)C1CCC(c2ccc(F)cc2)N(Cc2ccccc2)C1. The third-order valence-corrected chi connectivity index (χ3v) is 4.96. The van der Waals surface area contributed by atoms with Crippen molar-refractivity contribution in [3.05, 3.63) is 84.2 Å². The second kappa shape index (κ2) is 8.77. The molecule has 2 atom stereocenters. The summed E-state index contributed by atoms with van der Waals surface area (Å²) in [6.07, 6.45) is 3.41. The fourth-order valence-corrected chi connectivity index (χ4v) is 3.63. The third-order valence-electron chi connectivity index (χ3n) is 4.96. The van der Waals surface area contributed by atoms with E-state index in [-0.39, 0.29) is 23.7 Å². The summed E-state index contributed by atoms with van der Waals surface area (Å²) in [6.45, 7) is 5.61. The lowest BCUT2D eigenvalue weighted by molar-refractivity contribution is -0.127. The number of nitrogens with zero attached hydrogens (tertiary/aromatic N) is 1. The van der Waals surface area contributed by atoms with Crippen molar-refractivity contribution in [2.45, 2.75) is 25.4 Å². The molecule has 3 nitrogen and oxygen atoms in total. The molecule has 2 unspecified atom stereocenters. The fraction of sp³-hybridized carbons (Fsp3) is 0.318. The fourth-order valence-electron chi connectivity index (χ4n) is 3.63. The number of carbonyl (C=O) groups is 1. The van der Waals surface area contributed by atoms with E-state index in [0.29, 0.717) is 13.1 Å². The first-order valence-electron chi connectivity index (χ1n) is 9.09. The molecule has 1 N–H and O–H groups in total. The number of hydrogen-bond acceptors (Lipinski definition) is 2. The number of carbonyl (C=O) groups excluding carboxylic acids is 1. The second-order valence-corrected chi connectivity index (χ2v) is 6.79. The predicted octanol–water partition coefficient (Wildman–Crippen LogP) is 4.08. The van der Waals surface area contributed by atoms with Gasteiger partial charge < -0.3 is 5.32 Å². The van der Waals surface area contributed by atoms with Crippen LogP contribution < -0.4 is 5.32 Å². The summed E-state index contributed by atoms with van der Waals surface area (Å²) in [7, 11) is 0. The van der Waals surface area contributed by atoms with Crippen molar-refractivity contribution in [2.75, 3.05) is 13.1 Å². The third kappa shape index (κ3) is 4.58. The maximum absolute atomic E-state index is 13.3. The van der Waals surface area contributed by atoms with E-state index >= 15 is 0 Å². The Hall–Kier alpha value is -2.46. The van der Waals surface area contributed by atoms with Gasteiger partial charge in [-0.1, -0.05) is 48.5 Å². The Balaban J connectivity index is 1.78. The first kappa shape index (κ1) is 18.3. The van der Waals surface area contributed by atoms with E-state index in [1.807, 2.05) is 30.3 Å². The van der Waals surface area contributed by atoms with Gasteiger partial charge in [-0.05, 0) is 36.1 Å². The molecule has 26 heavy (non-hydrogen) atoms. The minimum Gasteiger partial charge on any atom is -0.352 e. The molecule has 2 aromatic carbocycles. The standard InChI is InChI=1S/C22H25FN2O/c1-2-14-24-22(26)19-10-13-21(18-8-11-20(23)12-9-18)25(16-19)15-17-6-4-3-5-7-17/h2-9,11-12,19,21H,1,10,13-16H2,(H,24,26). The zero-order valence-corrected chi connectivity index (χ0v) is 14.9. The van der Waals surface area contributed by atoms with Gasteiger partial charge >= 0.3 is 0 Å². The van der Waals surface area contributed by atoms with E-state index in [1.54, 1.807) is 6.08 Å². The maximum atomic E-state index is 13.3. The van der Waals surface area contributed by atoms with Crippen LogP contribution in [0.4, 0.5) is 4.39 Å². The van der Waals surface area contributed by atoms with E-state index in [1.165, 1.54) is 17.7 Å². The first-order valence-corrected chi connectivity index (χ1v) is 9.09. The van der Waals surface area contributed by atoms with Crippen LogP contribution in [-0.2, 0) is 11.3 Å². The smallest absolute Gasteiger partial charge is 0.224 e. The van der Waals surface area contributed by atoms with Crippen LogP contribution in [0.2, 0.25) is 0 Å². The Labute approximate surface area is 154 Å². The Morgan fingerprint density at radius 3 is 2.58 bits per heavy atom. The lowest BCUT2D eigenvalue weighted by Gasteiger charge is -2.39. The molecule has 1 saturated heterocycles. The van der Waals surface area contributed by atoms with Gasteiger partial charge in [0, 0.05) is 25.7 Å². The van der Waals surface area contributed by atoms with Crippen LogP contribution in [0.1, 0.15) is 30.0 Å². The summed E-state index contributed by atoms with van der Waals surface area (Å²) >= 11 is 0. The van der Waals surface area contributed by atoms with Crippen molar-refractivity contribution >= 4 is 5.91 Å². The molecule has 0 bridgehead atoms. The van der Waals surface area contributed by atoms with Crippen LogP contribution in [0.25, 0.3) is 0 Å². The lowest BCUT2D eigenvalue weighted by Crippen LogP contribution is -2.44. The number of likely N-dealkylation sites (tertiary alicyclic amines) is 1. The molecular formula is C22H25FN2O. The number of rotatable bonds is 6. The molecule has 4 heteroatoms. The Bertz CT molecular complexity index is 730. The lowest BCUT2D eigenvalue weighted by atomic mass is 9.88. The summed E-state index contributed by atoms with van der Waals surface area (Å²) in [5.74, 6) is -0.170. The maximum Gasteiger partial charge on any atom is 0.224 e. The molecule has 0 spiro atoms.